The normalized spacial score (nSPS) is 12.9. The number of benzene rings is 1. The minimum atomic E-state index is -0.673. The minimum absolute atomic E-state index is 0.0122. The molecule has 1 aromatic rings. The van der Waals surface area contributed by atoms with Gasteiger partial charge < -0.3 is 9.47 Å². The molecule has 0 aliphatic rings. The molecule has 7 heteroatoms. The van der Waals surface area contributed by atoms with Gasteiger partial charge in [-0.25, -0.2) is 8.78 Å². The first-order chi connectivity index (χ1) is 9.54. The summed E-state index contributed by atoms with van der Waals surface area (Å²) in [6.07, 6.45) is -0.661. The molecule has 0 amide bonds. The van der Waals surface area contributed by atoms with Crippen LogP contribution in [0.5, 0.6) is 0 Å². The van der Waals surface area contributed by atoms with Crippen LogP contribution in [0.25, 0.3) is 0 Å². The Bertz CT molecular complexity index is 429. The van der Waals surface area contributed by atoms with Crippen LogP contribution in [0.3, 0.4) is 0 Å². The SMILES string of the molecule is CCOC(OCC)C(Cc1c(F)ccc(Br)c1F)NN. The Morgan fingerprint density at radius 1 is 1.25 bits per heavy atom. The van der Waals surface area contributed by atoms with E-state index in [4.69, 9.17) is 15.3 Å². The van der Waals surface area contributed by atoms with Gasteiger partial charge in [0.05, 0.1) is 10.5 Å². The summed E-state index contributed by atoms with van der Waals surface area (Å²) in [6, 6.07) is 1.96. The van der Waals surface area contributed by atoms with Crippen LogP contribution in [0.15, 0.2) is 16.6 Å². The number of rotatable bonds is 8. The van der Waals surface area contributed by atoms with Gasteiger partial charge in [-0.15, -0.1) is 0 Å². The van der Waals surface area contributed by atoms with Gasteiger partial charge in [-0.2, -0.15) is 0 Å². The molecule has 0 saturated heterocycles. The monoisotopic (exact) mass is 352 g/mol. The Hall–Kier alpha value is -0.600. The lowest BCUT2D eigenvalue weighted by Gasteiger charge is -2.26. The number of nitrogens with one attached hydrogen (secondary N) is 1. The maximum Gasteiger partial charge on any atom is 0.174 e. The molecule has 0 radical (unpaired) electrons. The average molecular weight is 353 g/mol. The Labute approximate surface area is 125 Å². The molecule has 0 aliphatic carbocycles. The molecule has 3 N–H and O–H groups in total. The molecule has 0 spiro atoms. The average Bonchev–Trinajstić information content (AvgIpc) is 2.43. The molecule has 0 aromatic heterocycles. The van der Waals surface area contributed by atoms with E-state index in [-0.39, 0.29) is 16.5 Å². The molecule has 1 unspecified atom stereocenters. The highest BCUT2D eigenvalue weighted by molar-refractivity contribution is 9.10. The summed E-state index contributed by atoms with van der Waals surface area (Å²) in [6.45, 7) is 4.43. The second-order valence-corrected chi connectivity index (χ2v) is 4.93. The zero-order valence-electron chi connectivity index (χ0n) is 11.5. The van der Waals surface area contributed by atoms with Crippen molar-refractivity contribution in [2.45, 2.75) is 32.6 Å². The van der Waals surface area contributed by atoms with Crippen LogP contribution in [0.2, 0.25) is 0 Å². The highest BCUT2D eigenvalue weighted by Crippen LogP contribution is 2.23. The quantitative estimate of drug-likeness (QED) is 0.326. The van der Waals surface area contributed by atoms with E-state index in [0.717, 1.165) is 0 Å². The Kier molecular flexibility index (Phi) is 7.53. The third kappa shape index (κ3) is 4.46. The summed E-state index contributed by atoms with van der Waals surface area (Å²) >= 11 is 3.03. The Balaban J connectivity index is 2.94. The van der Waals surface area contributed by atoms with Crippen molar-refractivity contribution >= 4 is 15.9 Å². The molecule has 1 atom stereocenters. The topological polar surface area (TPSA) is 56.5 Å². The zero-order chi connectivity index (χ0) is 15.1. The van der Waals surface area contributed by atoms with Gasteiger partial charge in [0.15, 0.2) is 6.29 Å². The van der Waals surface area contributed by atoms with Crippen molar-refractivity contribution in [3.8, 4) is 0 Å². The highest BCUT2D eigenvalue weighted by atomic mass is 79.9. The van der Waals surface area contributed by atoms with Gasteiger partial charge in [0, 0.05) is 18.8 Å². The third-order valence-electron chi connectivity index (χ3n) is 2.77. The van der Waals surface area contributed by atoms with Gasteiger partial charge in [-0.05, 0) is 48.3 Å². The maximum atomic E-state index is 14.0. The lowest BCUT2D eigenvalue weighted by Crippen LogP contribution is -2.48. The van der Waals surface area contributed by atoms with E-state index in [0.29, 0.717) is 13.2 Å². The number of hydrogen-bond acceptors (Lipinski definition) is 4. The number of hydrogen-bond donors (Lipinski definition) is 2. The molecule has 0 bridgehead atoms. The van der Waals surface area contributed by atoms with Gasteiger partial charge in [0.25, 0.3) is 0 Å². The largest absolute Gasteiger partial charge is 0.351 e. The molecule has 1 rings (SSSR count). The van der Waals surface area contributed by atoms with Crippen LogP contribution < -0.4 is 11.3 Å². The minimum Gasteiger partial charge on any atom is -0.351 e. The second kappa shape index (κ2) is 8.63. The lowest BCUT2D eigenvalue weighted by atomic mass is 10.0. The molecule has 1 aromatic carbocycles. The lowest BCUT2D eigenvalue weighted by molar-refractivity contribution is -0.154. The van der Waals surface area contributed by atoms with E-state index in [9.17, 15) is 8.78 Å². The predicted octanol–water partition coefficient (Wildman–Crippen LogP) is 2.50. The molecular formula is C13H19BrF2N2O2. The van der Waals surface area contributed by atoms with Crippen molar-refractivity contribution in [3.05, 3.63) is 33.8 Å². The summed E-state index contributed by atoms with van der Waals surface area (Å²) in [7, 11) is 0. The third-order valence-corrected chi connectivity index (χ3v) is 3.38. The van der Waals surface area contributed by atoms with Crippen molar-refractivity contribution in [1.82, 2.24) is 5.43 Å². The predicted molar refractivity (Wildman–Crippen MR) is 75.9 cm³/mol. The van der Waals surface area contributed by atoms with Crippen molar-refractivity contribution in [2.24, 2.45) is 5.84 Å². The summed E-state index contributed by atoms with van der Waals surface area (Å²) in [4.78, 5) is 0. The molecule has 114 valence electrons. The Morgan fingerprint density at radius 3 is 2.35 bits per heavy atom. The van der Waals surface area contributed by atoms with Crippen molar-refractivity contribution in [2.75, 3.05) is 13.2 Å². The standard InChI is InChI=1S/C13H19BrF2N2O2/c1-3-19-13(20-4-2)11(18-17)7-8-10(15)6-5-9(14)12(8)16/h5-6,11,13,18H,3-4,7,17H2,1-2H3. The fourth-order valence-corrected chi connectivity index (χ4v) is 2.19. The first-order valence-electron chi connectivity index (χ1n) is 6.36. The number of hydrazine groups is 1. The van der Waals surface area contributed by atoms with Gasteiger partial charge >= 0.3 is 0 Å². The highest BCUT2D eigenvalue weighted by Gasteiger charge is 2.25. The summed E-state index contributed by atoms with van der Waals surface area (Å²) < 4.78 is 38.7. The van der Waals surface area contributed by atoms with Crippen LogP contribution in [-0.4, -0.2) is 25.5 Å². The summed E-state index contributed by atoms with van der Waals surface area (Å²) in [5.74, 6) is 4.18. The van der Waals surface area contributed by atoms with Gasteiger partial charge in [-0.1, -0.05) is 0 Å². The van der Waals surface area contributed by atoms with E-state index in [1.54, 1.807) is 13.8 Å². The first-order valence-corrected chi connectivity index (χ1v) is 7.16. The van der Waals surface area contributed by atoms with Gasteiger partial charge in [-0.3, -0.25) is 11.3 Å². The summed E-state index contributed by atoms with van der Waals surface area (Å²) in [5, 5.41) is 0. The van der Waals surface area contributed by atoms with Crippen LogP contribution >= 0.6 is 15.9 Å². The molecule has 0 saturated carbocycles. The van der Waals surface area contributed by atoms with Crippen molar-refractivity contribution in [3.63, 3.8) is 0 Å². The van der Waals surface area contributed by atoms with Crippen LogP contribution in [0.4, 0.5) is 8.78 Å². The van der Waals surface area contributed by atoms with E-state index in [1.807, 2.05) is 0 Å². The fraction of sp³-hybridized carbons (Fsp3) is 0.538. The first kappa shape index (κ1) is 17.5. The molecular weight excluding hydrogens is 334 g/mol. The molecule has 4 nitrogen and oxygen atoms in total. The second-order valence-electron chi connectivity index (χ2n) is 4.08. The van der Waals surface area contributed by atoms with Crippen molar-refractivity contribution < 1.29 is 18.3 Å². The van der Waals surface area contributed by atoms with Crippen LogP contribution in [-0.2, 0) is 15.9 Å². The molecule has 20 heavy (non-hydrogen) atoms. The van der Waals surface area contributed by atoms with Crippen LogP contribution in [0.1, 0.15) is 19.4 Å². The molecule has 0 fully saturated rings. The number of nitrogens with two attached hydrogens (primary N) is 1. The van der Waals surface area contributed by atoms with E-state index in [1.165, 1.54) is 12.1 Å². The summed E-state index contributed by atoms with van der Waals surface area (Å²) in [5.41, 5.74) is 2.43. The van der Waals surface area contributed by atoms with E-state index in [2.05, 4.69) is 21.4 Å². The van der Waals surface area contributed by atoms with E-state index < -0.39 is 24.0 Å². The molecule has 0 heterocycles. The molecule has 0 aliphatic heterocycles. The van der Waals surface area contributed by atoms with Crippen molar-refractivity contribution in [1.29, 1.82) is 0 Å². The van der Waals surface area contributed by atoms with Gasteiger partial charge in [0.2, 0.25) is 0 Å². The number of halogens is 3. The maximum absolute atomic E-state index is 14.0. The van der Waals surface area contributed by atoms with E-state index >= 15 is 0 Å². The fourth-order valence-electron chi connectivity index (χ4n) is 1.82. The Morgan fingerprint density at radius 2 is 1.85 bits per heavy atom. The number of ether oxygens (including phenoxy) is 2. The zero-order valence-corrected chi connectivity index (χ0v) is 13.0. The smallest absolute Gasteiger partial charge is 0.174 e. The van der Waals surface area contributed by atoms with Gasteiger partial charge in [0.1, 0.15) is 11.6 Å². The van der Waals surface area contributed by atoms with Crippen LogP contribution in [0, 0.1) is 11.6 Å².